The van der Waals surface area contributed by atoms with Gasteiger partial charge in [0.15, 0.2) is 5.82 Å². The van der Waals surface area contributed by atoms with E-state index in [4.69, 9.17) is 4.42 Å². The summed E-state index contributed by atoms with van der Waals surface area (Å²) in [5.74, 6) is 1.52. The fourth-order valence-corrected chi connectivity index (χ4v) is 3.54. The number of anilines is 1. The molecule has 0 radical (unpaired) electrons. The molecule has 0 amide bonds. The normalized spacial score (nSPS) is 21.2. The number of halogens is 2. The van der Waals surface area contributed by atoms with Crippen molar-refractivity contribution < 1.29 is 13.2 Å². The van der Waals surface area contributed by atoms with E-state index in [1.807, 2.05) is 24.3 Å². The largest absolute Gasteiger partial charge is 0.467 e. The second kappa shape index (κ2) is 6.43. The van der Waals surface area contributed by atoms with Crippen molar-refractivity contribution in [2.75, 3.05) is 11.4 Å². The summed E-state index contributed by atoms with van der Waals surface area (Å²) in [7, 11) is 0. The second-order valence-electron chi connectivity index (χ2n) is 6.58. The predicted molar refractivity (Wildman–Crippen MR) is 91.7 cm³/mol. The zero-order valence-corrected chi connectivity index (χ0v) is 13.9. The van der Waals surface area contributed by atoms with Gasteiger partial charge in [-0.3, -0.25) is 0 Å². The average Bonchev–Trinajstić information content (AvgIpc) is 3.15. The molecule has 2 unspecified atom stereocenters. The Kier molecular flexibility index (Phi) is 4.11. The summed E-state index contributed by atoms with van der Waals surface area (Å²) in [6.45, 7) is 2.95. The fourth-order valence-electron chi connectivity index (χ4n) is 3.54. The molecule has 0 spiro atoms. The van der Waals surface area contributed by atoms with E-state index in [0.717, 1.165) is 30.5 Å². The highest BCUT2D eigenvalue weighted by atomic mass is 19.3. The number of rotatable bonds is 3. The zero-order valence-electron chi connectivity index (χ0n) is 13.9. The molecule has 130 valence electrons. The molecule has 1 aliphatic rings. The van der Waals surface area contributed by atoms with Gasteiger partial charge in [0.25, 0.3) is 6.43 Å². The van der Waals surface area contributed by atoms with Crippen molar-refractivity contribution in [1.29, 1.82) is 0 Å². The van der Waals surface area contributed by atoms with Crippen LogP contribution in [0.4, 0.5) is 14.6 Å². The van der Waals surface area contributed by atoms with Crippen LogP contribution in [-0.2, 0) is 0 Å². The molecule has 2 aromatic heterocycles. The van der Waals surface area contributed by atoms with E-state index >= 15 is 0 Å². The van der Waals surface area contributed by atoms with E-state index in [1.165, 1.54) is 0 Å². The number of para-hydroxylation sites is 1. The van der Waals surface area contributed by atoms with Gasteiger partial charge in [-0.25, -0.2) is 18.7 Å². The lowest BCUT2D eigenvalue weighted by molar-refractivity contribution is 0.140. The maximum absolute atomic E-state index is 13.3. The van der Waals surface area contributed by atoms with Gasteiger partial charge in [-0.2, -0.15) is 0 Å². The van der Waals surface area contributed by atoms with Crippen molar-refractivity contribution in [3.63, 3.8) is 0 Å². The molecule has 0 bridgehead atoms. The van der Waals surface area contributed by atoms with Gasteiger partial charge in [-0.1, -0.05) is 19.1 Å². The molecule has 3 heterocycles. The molecule has 1 aromatic carbocycles. The Labute approximate surface area is 144 Å². The summed E-state index contributed by atoms with van der Waals surface area (Å²) in [5.41, 5.74) is 0.541. The standard InChI is InChI=1S/C19H19F2N3O/c1-12-8-9-24(15(11-12)16-7-4-10-25-16)19-13-5-2-3-6-14(13)22-18(23-19)17(20)21/h2-7,10,12,15,17H,8-9,11H2,1H3. The molecule has 0 N–H and O–H groups in total. The van der Waals surface area contributed by atoms with Crippen molar-refractivity contribution in [1.82, 2.24) is 9.97 Å². The summed E-state index contributed by atoms with van der Waals surface area (Å²) < 4.78 is 32.3. The molecule has 4 rings (SSSR count). The highest BCUT2D eigenvalue weighted by Gasteiger charge is 2.32. The third kappa shape index (κ3) is 2.97. The molecular weight excluding hydrogens is 324 g/mol. The third-order valence-corrected chi connectivity index (χ3v) is 4.80. The Morgan fingerprint density at radius 2 is 2.00 bits per heavy atom. The quantitative estimate of drug-likeness (QED) is 0.660. The molecule has 0 aliphatic carbocycles. The monoisotopic (exact) mass is 343 g/mol. The van der Waals surface area contributed by atoms with Crippen molar-refractivity contribution >= 4 is 16.7 Å². The van der Waals surface area contributed by atoms with Crippen LogP contribution in [0.1, 0.15) is 43.8 Å². The molecule has 1 saturated heterocycles. The van der Waals surface area contributed by atoms with Gasteiger partial charge in [-0.05, 0) is 43.0 Å². The first kappa shape index (κ1) is 16.0. The molecule has 1 aliphatic heterocycles. The number of aromatic nitrogens is 2. The highest BCUT2D eigenvalue weighted by molar-refractivity contribution is 5.89. The van der Waals surface area contributed by atoms with Gasteiger partial charge in [-0.15, -0.1) is 0 Å². The lowest BCUT2D eigenvalue weighted by atomic mass is 9.91. The SMILES string of the molecule is CC1CCN(c2nc(C(F)F)nc3ccccc23)C(c2ccco2)C1. The van der Waals surface area contributed by atoms with Gasteiger partial charge in [0.2, 0.25) is 0 Å². The summed E-state index contributed by atoms with van der Waals surface area (Å²) in [6, 6.07) is 11.1. The van der Waals surface area contributed by atoms with Crippen LogP contribution in [0.5, 0.6) is 0 Å². The van der Waals surface area contributed by atoms with Crippen LogP contribution in [0.2, 0.25) is 0 Å². The van der Waals surface area contributed by atoms with Gasteiger partial charge in [0, 0.05) is 11.9 Å². The fraction of sp³-hybridized carbons (Fsp3) is 0.368. The van der Waals surface area contributed by atoms with Crippen LogP contribution in [0.15, 0.2) is 47.1 Å². The van der Waals surface area contributed by atoms with E-state index in [9.17, 15) is 8.78 Å². The first-order valence-corrected chi connectivity index (χ1v) is 8.48. The number of hydrogen-bond donors (Lipinski definition) is 0. The number of alkyl halides is 2. The second-order valence-corrected chi connectivity index (χ2v) is 6.58. The number of benzene rings is 1. The van der Waals surface area contributed by atoms with Crippen LogP contribution in [0, 0.1) is 5.92 Å². The Morgan fingerprint density at radius 1 is 1.16 bits per heavy atom. The van der Waals surface area contributed by atoms with Crippen molar-refractivity contribution in [2.24, 2.45) is 5.92 Å². The number of nitrogens with zero attached hydrogens (tertiary/aromatic N) is 3. The van der Waals surface area contributed by atoms with Gasteiger partial charge in [0.1, 0.15) is 11.6 Å². The zero-order chi connectivity index (χ0) is 17.4. The minimum absolute atomic E-state index is 0.0115. The molecule has 1 fully saturated rings. The first-order valence-electron chi connectivity index (χ1n) is 8.48. The van der Waals surface area contributed by atoms with E-state index < -0.39 is 12.2 Å². The lowest BCUT2D eigenvalue weighted by Crippen LogP contribution is -2.37. The molecular formula is C19H19F2N3O. The minimum Gasteiger partial charge on any atom is -0.467 e. The Balaban J connectivity index is 1.86. The minimum atomic E-state index is -2.70. The predicted octanol–water partition coefficient (Wildman–Crippen LogP) is 5.14. The Morgan fingerprint density at radius 3 is 2.76 bits per heavy atom. The number of hydrogen-bond acceptors (Lipinski definition) is 4. The maximum atomic E-state index is 13.3. The third-order valence-electron chi connectivity index (χ3n) is 4.80. The van der Waals surface area contributed by atoms with Crippen molar-refractivity contribution in [2.45, 2.75) is 32.2 Å². The van der Waals surface area contributed by atoms with E-state index in [-0.39, 0.29) is 6.04 Å². The molecule has 4 nitrogen and oxygen atoms in total. The van der Waals surface area contributed by atoms with Crippen LogP contribution < -0.4 is 4.90 Å². The van der Waals surface area contributed by atoms with Gasteiger partial charge < -0.3 is 9.32 Å². The summed E-state index contributed by atoms with van der Waals surface area (Å²) in [5, 5.41) is 0.790. The molecule has 6 heteroatoms. The van der Waals surface area contributed by atoms with E-state index in [1.54, 1.807) is 18.4 Å². The van der Waals surface area contributed by atoms with E-state index in [2.05, 4.69) is 21.8 Å². The van der Waals surface area contributed by atoms with Crippen LogP contribution in [0.25, 0.3) is 10.9 Å². The average molecular weight is 343 g/mol. The maximum Gasteiger partial charge on any atom is 0.297 e. The Bertz CT molecular complexity index is 866. The molecule has 25 heavy (non-hydrogen) atoms. The Hall–Kier alpha value is -2.50. The summed E-state index contributed by atoms with van der Waals surface area (Å²) >= 11 is 0. The highest BCUT2D eigenvalue weighted by Crippen LogP contribution is 2.39. The number of piperidine rings is 1. The summed E-state index contributed by atoms with van der Waals surface area (Å²) in [4.78, 5) is 10.3. The van der Waals surface area contributed by atoms with Gasteiger partial charge in [0.05, 0.1) is 17.8 Å². The van der Waals surface area contributed by atoms with Crippen molar-refractivity contribution in [3.05, 3.63) is 54.2 Å². The van der Waals surface area contributed by atoms with E-state index in [0.29, 0.717) is 17.3 Å². The lowest BCUT2D eigenvalue weighted by Gasteiger charge is -2.38. The van der Waals surface area contributed by atoms with Crippen molar-refractivity contribution in [3.8, 4) is 0 Å². The van der Waals surface area contributed by atoms with Crippen LogP contribution >= 0.6 is 0 Å². The van der Waals surface area contributed by atoms with Crippen LogP contribution in [0.3, 0.4) is 0 Å². The summed E-state index contributed by atoms with van der Waals surface area (Å²) in [6.07, 6.45) is 0.833. The first-order chi connectivity index (χ1) is 12.1. The van der Waals surface area contributed by atoms with Gasteiger partial charge >= 0.3 is 0 Å². The topological polar surface area (TPSA) is 42.2 Å². The smallest absolute Gasteiger partial charge is 0.297 e. The van der Waals surface area contributed by atoms with Crippen LogP contribution in [-0.4, -0.2) is 16.5 Å². The molecule has 3 aromatic rings. The number of furan rings is 1. The molecule has 2 atom stereocenters. The molecule has 0 saturated carbocycles. The number of fused-ring (bicyclic) bond motifs is 1.